The molecule has 1 amide bonds. The average molecular weight is 216 g/mol. The first-order chi connectivity index (χ1) is 7.84. The molecular weight excluding hydrogens is 200 g/mol. The fourth-order valence-corrected chi connectivity index (χ4v) is 2.63. The molecule has 16 heavy (non-hydrogen) atoms. The summed E-state index contributed by atoms with van der Waals surface area (Å²) < 4.78 is 0. The Hall–Kier alpha value is -1.51. The maximum absolute atomic E-state index is 11.4. The molecule has 2 aliphatic heterocycles. The summed E-state index contributed by atoms with van der Waals surface area (Å²) in [6.07, 6.45) is 4.39. The van der Waals surface area contributed by atoms with Gasteiger partial charge in [-0.2, -0.15) is 0 Å². The minimum absolute atomic E-state index is 0.124. The van der Waals surface area contributed by atoms with Gasteiger partial charge in [0, 0.05) is 13.1 Å². The normalized spacial score (nSPS) is 19.5. The van der Waals surface area contributed by atoms with Crippen molar-refractivity contribution >= 4 is 17.3 Å². The third kappa shape index (κ3) is 1.56. The molecular formula is C13H16N2O. The quantitative estimate of drug-likeness (QED) is 0.780. The number of rotatable bonds is 1. The highest BCUT2D eigenvalue weighted by Gasteiger charge is 2.23. The van der Waals surface area contributed by atoms with Gasteiger partial charge in [0.05, 0.1) is 17.8 Å². The first kappa shape index (κ1) is 9.70. The molecule has 1 saturated heterocycles. The minimum Gasteiger partial charge on any atom is -0.370 e. The summed E-state index contributed by atoms with van der Waals surface area (Å²) in [7, 11) is 0. The lowest BCUT2D eigenvalue weighted by Crippen LogP contribution is -2.29. The molecule has 1 aromatic carbocycles. The van der Waals surface area contributed by atoms with Crippen LogP contribution in [0.15, 0.2) is 18.2 Å². The molecule has 3 heteroatoms. The predicted molar refractivity (Wildman–Crippen MR) is 64.8 cm³/mol. The molecule has 0 bridgehead atoms. The van der Waals surface area contributed by atoms with Gasteiger partial charge in [-0.15, -0.1) is 0 Å². The van der Waals surface area contributed by atoms with Gasteiger partial charge in [-0.3, -0.25) is 4.79 Å². The van der Waals surface area contributed by atoms with Gasteiger partial charge in [0.15, 0.2) is 0 Å². The van der Waals surface area contributed by atoms with Crippen molar-refractivity contribution in [3.63, 3.8) is 0 Å². The standard InChI is InChI=1S/C13H16N2O/c16-12-9-10-5-4-6-11(13(10)14-12)15-7-2-1-3-8-15/h4-6H,1-3,7-9H2,(H,14,16). The molecule has 0 aliphatic carbocycles. The van der Waals surface area contributed by atoms with Crippen molar-refractivity contribution in [1.29, 1.82) is 0 Å². The first-order valence-electron chi connectivity index (χ1n) is 6.01. The van der Waals surface area contributed by atoms with Crippen LogP contribution in [-0.4, -0.2) is 19.0 Å². The second-order valence-corrected chi connectivity index (χ2v) is 4.58. The third-order valence-corrected chi connectivity index (χ3v) is 3.44. The number of nitrogens with zero attached hydrogens (tertiary/aromatic N) is 1. The summed E-state index contributed by atoms with van der Waals surface area (Å²) in [5.41, 5.74) is 3.41. The summed E-state index contributed by atoms with van der Waals surface area (Å²) in [4.78, 5) is 13.8. The van der Waals surface area contributed by atoms with E-state index in [0.717, 1.165) is 24.3 Å². The van der Waals surface area contributed by atoms with Crippen LogP contribution in [0.1, 0.15) is 24.8 Å². The Morgan fingerprint density at radius 1 is 1.12 bits per heavy atom. The van der Waals surface area contributed by atoms with Crippen molar-refractivity contribution < 1.29 is 4.79 Å². The number of anilines is 2. The lowest BCUT2D eigenvalue weighted by Gasteiger charge is -2.30. The first-order valence-corrected chi connectivity index (χ1v) is 6.01. The van der Waals surface area contributed by atoms with Gasteiger partial charge < -0.3 is 10.2 Å². The van der Waals surface area contributed by atoms with Crippen LogP contribution in [0.3, 0.4) is 0 Å². The smallest absolute Gasteiger partial charge is 0.228 e. The van der Waals surface area contributed by atoms with Gasteiger partial charge in [0.25, 0.3) is 0 Å². The highest BCUT2D eigenvalue weighted by molar-refractivity contribution is 6.03. The number of para-hydroxylation sites is 1. The molecule has 0 radical (unpaired) electrons. The van der Waals surface area contributed by atoms with Crippen molar-refractivity contribution in [3.8, 4) is 0 Å². The Morgan fingerprint density at radius 3 is 2.75 bits per heavy atom. The Kier molecular flexibility index (Phi) is 2.31. The van der Waals surface area contributed by atoms with Crippen molar-refractivity contribution in [1.82, 2.24) is 0 Å². The fourth-order valence-electron chi connectivity index (χ4n) is 2.63. The number of hydrogen-bond donors (Lipinski definition) is 1. The highest BCUT2D eigenvalue weighted by atomic mass is 16.1. The maximum atomic E-state index is 11.4. The van der Waals surface area contributed by atoms with Gasteiger partial charge in [-0.25, -0.2) is 0 Å². The van der Waals surface area contributed by atoms with Crippen molar-refractivity contribution in [3.05, 3.63) is 23.8 Å². The van der Waals surface area contributed by atoms with Gasteiger partial charge in [-0.1, -0.05) is 12.1 Å². The molecule has 0 unspecified atom stereocenters. The van der Waals surface area contributed by atoms with E-state index in [0.29, 0.717) is 6.42 Å². The molecule has 1 fully saturated rings. The molecule has 1 N–H and O–H groups in total. The molecule has 0 saturated carbocycles. The molecule has 1 aromatic rings. The van der Waals surface area contributed by atoms with Crippen LogP contribution >= 0.6 is 0 Å². The summed E-state index contributed by atoms with van der Waals surface area (Å²) in [6, 6.07) is 6.22. The van der Waals surface area contributed by atoms with E-state index in [1.54, 1.807) is 0 Å². The molecule has 2 heterocycles. The molecule has 84 valence electrons. The zero-order valence-corrected chi connectivity index (χ0v) is 9.33. The van der Waals surface area contributed by atoms with Crippen LogP contribution in [0.5, 0.6) is 0 Å². The number of amides is 1. The topological polar surface area (TPSA) is 32.3 Å². The van der Waals surface area contributed by atoms with Crippen LogP contribution in [0.2, 0.25) is 0 Å². The second-order valence-electron chi connectivity index (χ2n) is 4.58. The number of benzene rings is 1. The number of carbonyl (C=O) groups is 1. The van der Waals surface area contributed by atoms with Crippen LogP contribution in [0.25, 0.3) is 0 Å². The zero-order chi connectivity index (χ0) is 11.0. The Labute approximate surface area is 95.4 Å². The summed E-state index contributed by atoms with van der Waals surface area (Å²) in [6.45, 7) is 2.23. The SMILES string of the molecule is O=C1Cc2cccc(N3CCCCC3)c2N1. The fraction of sp³-hybridized carbons (Fsp3) is 0.462. The van der Waals surface area contributed by atoms with Crippen molar-refractivity contribution in [2.75, 3.05) is 23.3 Å². The minimum atomic E-state index is 0.124. The monoisotopic (exact) mass is 216 g/mol. The zero-order valence-electron chi connectivity index (χ0n) is 9.33. The molecule has 2 aliphatic rings. The predicted octanol–water partition coefficient (Wildman–Crippen LogP) is 2.17. The lowest BCUT2D eigenvalue weighted by atomic mass is 10.1. The Balaban J connectivity index is 1.95. The lowest BCUT2D eigenvalue weighted by molar-refractivity contribution is -0.115. The van der Waals surface area contributed by atoms with Crippen LogP contribution in [0, 0.1) is 0 Å². The molecule has 3 nitrogen and oxygen atoms in total. The van der Waals surface area contributed by atoms with E-state index >= 15 is 0 Å². The van der Waals surface area contributed by atoms with E-state index in [9.17, 15) is 4.79 Å². The van der Waals surface area contributed by atoms with E-state index in [1.807, 2.05) is 6.07 Å². The Bertz CT molecular complexity index is 422. The number of nitrogens with one attached hydrogen (secondary N) is 1. The van der Waals surface area contributed by atoms with E-state index < -0.39 is 0 Å². The molecule has 3 rings (SSSR count). The molecule has 0 atom stereocenters. The Morgan fingerprint density at radius 2 is 1.94 bits per heavy atom. The van der Waals surface area contributed by atoms with Gasteiger partial charge in [0.2, 0.25) is 5.91 Å². The second kappa shape index (κ2) is 3.81. The van der Waals surface area contributed by atoms with E-state index in [-0.39, 0.29) is 5.91 Å². The third-order valence-electron chi connectivity index (χ3n) is 3.44. The molecule has 0 spiro atoms. The number of fused-ring (bicyclic) bond motifs is 1. The van der Waals surface area contributed by atoms with Gasteiger partial charge >= 0.3 is 0 Å². The van der Waals surface area contributed by atoms with Crippen LogP contribution in [-0.2, 0) is 11.2 Å². The summed E-state index contributed by atoms with van der Waals surface area (Å²) in [5.74, 6) is 0.124. The maximum Gasteiger partial charge on any atom is 0.228 e. The summed E-state index contributed by atoms with van der Waals surface area (Å²) >= 11 is 0. The van der Waals surface area contributed by atoms with E-state index in [2.05, 4.69) is 22.3 Å². The van der Waals surface area contributed by atoms with Crippen molar-refractivity contribution in [2.45, 2.75) is 25.7 Å². The van der Waals surface area contributed by atoms with Crippen molar-refractivity contribution in [2.24, 2.45) is 0 Å². The number of carbonyl (C=O) groups excluding carboxylic acids is 1. The van der Waals surface area contributed by atoms with E-state index in [1.165, 1.54) is 24.9 Å². The van der Waals surface area contributed by atoms with Gasteiger partial charge in [-0.05, 0) is 30.9 Å². The summed E-state index contributed by atoms with van der Waals surface area (Å²) in [5, 5.41) is 2.98. The van der Waals surface area contributed by atoms with Crippen LogP contribution in [0.4, 0.5) is 11.4 Å². The van der Waals surface area contributed by atoms with Gasteiger partial charge in [0.1, 0.15) is 0 Å². The largest absolute Gasteiger partial charge is 0.370 e. The number of piperidine rings is 1. The van der Waals surface area contributed by atoms with E-state index in [4.69, 9.17) is 0 Å². The number of hydrogen-bond acceptors (Lipinski definition) is 2. The average Bonchev–Trinajstić information content (AvgIpc) is 2.70. The highest BCUT2D eigenvalue weighted by Crippen LogP contribution is 2.34. The van der Waals surface area contributed by atoms with Crippen LogP contribution < -0.4 is 10.2 Å². The molecule has 0 aromatic heterocycles.